The maximum atomic E-state index is 13.5. The molecule has 2 saturated carbocycles. The largest absolute Gasteiger partial charge is 0.418 e. The number of pyridine rings is 1. The van der Waals surface area contributed by atoms with Crippen molar-refractivity contribution in [2.45, 2.75) is 56.9 Å². The summed E-state index contributed by atoms with van der Waals surface area (Å²) in [7, 11) is 2.06. The number of hydrazine groups is 1. The van der Waals surface area contributed by atoms with E-state index in [2.05, 4.69) is 28.9 Å². The van der Waals surface area contributed by atoms with Crippen molar-refractivity contribution in [3.8, 4) is 6.07 Å². The third-order valence-corrected chi connectivity index (χ3v) is 7.98. The van der Waals surface area contributed by atoms with Crippen LogP contribution in [0.4, 0.5) is 13.2 Å². The molecule has 3 heterocycles. The third kappa shape index (κ3) is 3.96. The van der Waals surface area contributed by atoms with Crippen LogP contribution in [0.25, 0.3) is 5.52 Å². The zero-order valence-electron chi connectivity index (χ0n) is 18.6. The van der Waals surface area contributed by atoms with Gasteiger partial charge >= 0.3 is 11.9 Å². The highest BCUT2D eigenvalue weighted by atomic mass is 19.4. The van der Waals surface area contributed by atoms with Crippen LogP contribution in [-0.4, -0.2) is 33.7 Å². The highest BCUT2D eigenvalue weighted by Crippen LogP contribution is 2.48. The molecule has 0 amide bonds. The standard InChI is InChI=1S/C23H29F3N6O/c1-30-13-28-29-21(30)20(15-4-2-5-15)16-8-14(11-27)9-17(10-16)32-12-19-18(23(24,25)26)6-3-7-31(19)22(32)33/h3,6-7,12,14-17,20-21,28-29H,2,4-5,8-10,13H2,1H3/t14?,16?,17?,20-,21?/m1/s1. The van der Waals surface area contributed by atoms with E-state index in [0.29, 0.717) is 24.7 Å². The van der Waals surface area contributed by atoms with Gasteiger partial charge in [-0.05, 0) is 56.2 Å². The van der Waals surface area contributed by atoms with Crippen molar-refractivity contribution in [2.24, 2.45) is 23.7 Å². The summed E-state index contributed by atoms with van der Waals surface area (Å²) in [6.07, 6.45) is 3.75. The Morgan fingerprint density at radius 3 is 2.61 bits per heavy atom. The molecule has 3 aliphatic rings. The molecule has 33 heavy (non-hydrogen) atoms. The maximum absolute atomic E-state index is 13.5. The summed E-state index contributed by atoms with van der Waals surface area (Å²) in [6, 6.07) is 4.36. The van der Waals surface area contributed by atoms with Gasteiger partial charge in [0.15, 0.2) is 0 Å². The molecule has 7 nitrogen and oxygen atoms in total. The number of nitrogens with zero attached hydrogens (tertiary/aromatic N) is 4. The number of nitriles is 1. The molecular formula is C23H29F3N6O. The predicted molar refractivity (Wildman–Crippen MR) is 116 cm³/mol. The van der Waals surface area contributed by atoms with E-state index in [4.69, 9.17) is 0 Å². The summed E-state index contributed by atoms with van der Waals surface area (Å²) in [5.74, 6) is 0.842. The molecule has 2 aromatic heterocycles. The molecule has 4 unspecified atom stereocenters. The second-order valence-corrected chi connectivity index (χ2v) is 9.89. The van der Waals surface area contributed by atoms with Crippen molar-refractivity contribution in [3.63, 3.8) is 0 Å². The normalized spacial score (nSPS) is 30.3. The first kappa shape index (κ1) is 22.4. The van der Waals surface area contributed by atoms with Crippen molar-refractivity contribution < 1.29 is 13.2 Å². The van der Waals surface area contributed by atoms with Crippen LogP contribution in [0, 0.1) is 35.0 Å². The van der Waals surface area contributed by atoms with Crippen LogP contribution >= 0.6 is 0 Å². The van der Waals surface area contributed by atoms with Crippen LogP contribution < -0.4 is 16.5 Å². The highest BCUT2D eigenvalue weighted by Gasteiger charge is 2.45. The van der Waals surface area contributed by atoms with Gasteiger partial charge < -0.3 is 0 Å². The van der Waals surface area contributed by atoms with E-state index in [9.17, 15) is 23.2 Å². The fourth-order valence-corrected chi connectivity index (χ4v) is 6.21. The summed E-state index contributed by atoms with van der Waals surface area (Å²) in [4.78, 5) is 15.4. The van der Waals surface area contributed by atoms with Crippen LogP contribution in [0.3, 0.4) is 0 Å². The minimum absolute atomic E-state index is 0.137. The second-order valence-electron chi connectivity index (χ2n) is 9.89. The van der Waals surface area contributed by atoms with Crippen molar-refractivity contribution in [1.29, 1.82) is 5.26 Å². The van der Waals surface area contributed by atoms with Gasteiger partial charge in [-0.3, -0.25) is 13.9 Å². The summed E-state index contributed by atoms with van der Waals surface area (Å²) in [5, 5.41) is 9.81. The topological polar surface area (TPSA) is 77.5 Å². The van der Waals surface area contributed by atoms with Gasteiger partial charge in [-0.2, -0.15) is 18.4 Å². The van der Waals surface area contributed by atoms with Crippen LogP contribution in [0.1, 0.15) is 50.1 Å². The van der Waals surface area contributed by atoms with E-state index in [0.717, 1.165) is 36.4 Å². The Kier molecular flexibility index (Phi) is 5.75. The fourth-order valence-electron chi connectivity index (χ4n) is 6.21. The predicted octanol–water partition coefficient (Wildman–Crippen LogP) is 3.34. The smallest absolute Gasteiger partial charge is 0.295 e. The number of rotatable bonds is 4. The Hall–Kier alpha value is -2.35. The average molecular weight is 463 g/mol. The monoisotopic (exact) mass is 462 g/mol. The van der Waals surface area contributed by atoms with E-state index in [1.54, 1.807) is 0 Å². The Labute approximate surface area is 190 Å². The summed E-state index contributed by atoms with van der Waals surface area (Å²) in [6.45, 7) is 0.732. The number of imidazole rings is 1. The van der Waals surface area contributed by atoms with Gasteiger partial charge in [-0.15, -0.1) is 0 Å². The molecule has 0 bridgehead atoms. The van der Waals surface area contributed by atoms with Gasteiger partial charge in [-0.25, -0.2) is 15.6 Å². The fraction of sp³-hybridized carbons (Fsp3) is 0.652. The molecule has 5 atom stereocenters. The summed E-state index contributed by atoms with van der Waals surface area (Å²) >= 11 is 0. The van der Waals surface area contributed by atoms with Crippen LogP contribution in [0.15, 0.2) is 29.3 Å². The van der Waals surface area contributed by atoms with E-state index >= 15 is 0 Å². The Balaban J connectivity index is 1.51. The van der Waals surface area contributed by atoms with Crippen molar-refractivity contribution >= 4 is 5.52 Å². The number of fused-ring (bicyclic) bond motifs is 1. The van der Waals surface area contributed by atoms with E-state index in [1.165, 1.54) is 29.4 Å². The molecule has 0 radical (unpaired) electrons. The molecular weight excluding hydrogens is 433 g/mol. The first-order chi connectivity index (χ1) is 15.8. The van der Waals surface area contributed by atoms with Crippen LogP contribution in [0.5, 0.6) is 0 Å². The zero-order chi connectivity index (χ0) is 23.3. The molecule has 0 aromatic carbocycles. The maximum Gasteiger partial charge on any atom is 0.418 e. The molecule has 3 fully saturated rings. The minimum atomic E-state index is -4.55. The number of hydrogen-bond donors (Lipinski definition) is 2. The summed E-state index contributed by atoms with van der Waals surface area (Å²) in [5.41, 5.74) is 5.17. The van der Waals surface area contributed by atoms with Gasteiger partial charge in [0.25, 0.3) is 0 Å². The number of aromatic nitrogens is 2. The van der Waals surface area contributed by atoms with Gasteiger partial charge in [-0.1, -0.05) is 19.3 Å². The Morgan fingerprint density at radius 2 is 2.00 bits per heavy atom. The lowest BCUT2D eigenvalue weighted by Gasteiger charge is -2.46. The lowest BCUT2D eigenvalue weighted by Crippen LogP contribution is -2.50. The molecule has 178 valence electrons. The van der Waals surface area contributed by atoms with Crippen LogP contribution in [0.2, 0.25) is 0 Å². The SMILES string of the molecule is CN1CNNC1[C@H](C1CCC1)C1CC(C#N)CC(n2cc3c(C(F)(F)F)cccn3c2=O)C1. The van der Waals surface area contributed by atoms with Crippen molar-refractivity contribution in [3.05, 3.63) is 40.6 Å². The van der Waals surface area contributed by atoms with Crippen molar-refractivity contribution in [2.75, 3.05) is 13.7 Å². The van der Waals surface area contributed by atoms with E-state index in [-0.39, 0.29) is 29.6 Å². The Bertz CT molecular complexity index is 1110. The lowest BCUT2D eigenvalue weighted by molar-refractivity contribution is -0.136. The van der Waals surface area contributed by atoms with Gasteiger partial charge in [0.1, 0.15) is 0 Å². The lowest BCUT2D eigenvalue weighted by atomic mass is 9.63. The third-order valence-electron chi connectivity index (χ3n) is 7.98. The van der Waals surface area contributed by atoms with E-state index < -0.39 is 17.4 Å². The first-order valence-electron chi connectivity index (χ1n) is 11.7. The average Bonchev–Trinajstić information content (AvgIpc) is 3.32. The molecule has 0 spiro atoms. The second kappa shape index (κ2) is 8.46. The quantitative estimate of drug-likeness (QED) is 0.729. The number of nitrogens with one attached hydrogen (secondary N) is 2. The molecule has 2 N–H and O–H groups in total. The Morgan fingerprint density at radius 1 is 1.21 bits per heavy atom. The summed E-state index contributed by atoms with van der Waals surface area (Å²) < 4.78 is 43.2. The van der Waals surface area contributed by atoms with Crippen LogP contribution in [-0.2, 0) is 6.18 Å². The molecule has 10 heteroatoms. The molecule has 2 aromatic rings. The van der Waals surface area contributed by atoms with E-state index in [1.807, 2.05) is 0 Å². The van der Waals surface area contributed by atoms with Crippen molar-refractivity contribution in [1.82, 2.24) is 24.7 Å². The number of alkyl halides is 3. The van der Waals surface area contributed by atoms with Gasteiger partial charge in [0.05, 0.1) is 30.0 Å². The molecule has 5 rings (SSSR count). The molecule has 2 aliphatic carbocycles. The number of halogens is 3. The molecule has 1 aliphatic heterocycles. The highest BCUT2D eigenvalue weighted by molar-refractivity contribution is 5.55. The van der Waals surface area contributed by atoms with Gasteiger partial charge in [0.2, 0.25) is 0 Å². The first-order valence-corrected chi connectivity index (χ1v) is 11.7. The zero-order valence-corrected chi connectivity index (χ0v) is 18.6. The number of hydrogen-bond acceptors (Lipinski definition) is 5. The minimum Gasteiger partial charge on any atom is -0.295 e. The van der Waals surface area contributed by atoms with Gasteiger partial charge in [0, 0.05) is 24.4 Å². The molecule has 1 saturated heterocycles.